The molecule has 10 nitrogen and oxygen atoms in total. The first kappa shape index (κ1) is 36.3. The quantitative estimate of drug-likeness (QED) is 0.246. The van der Waals surface area contributed by atoms with E-state index in [1.165, 1.54) is 4.90 Å². The van der Waals surface area contributed by atoms with Crippen LogP contribution in [0.4, 0.5) is 4.79 Å². The molecule has 3 N–H and O–H groups in total. The number of ether oxygens (including phenoxy) is 1. The first-order chi connectivity index (χ1) is 21.8. The minimum atomic E-state index is -1.04. The molecular formula is C36H50N4O6. The molecule has 0 fully saturated rings. The van der Waals surface area contributed by atoms with Crippen LogP contribution in [0.25, 0.3) is 0 Å². The molecule has 3 atom stereocenters. The molecule has 1 aliphatic rings. The van der Waals surface area contributed by atoms with Crippen LogP contribution in [0.15, 0.2) is 54.6 Å². The van der Waals surface area contributed by atoms with E-state index in [-0.39, 0.29) is 30.8 Å². The second kappa shape index (κ2) is 17.5. The summed E-state index contributed by atoms with van der Waals surface area (Å²) in [4.78, 5) is 68.3. The Morgan fingerprint density at radius 1 is 0.674 bits per heavy atom. The molecule has 1 heterocycles. The van der Waals surface area contributed by atoms with Gasteiger partial charge >= 0.3 is 6.09 Å². The van der Waals surface area contributed by atoms with Crippen LogP contribution in [-0.2, 0) is 43.5 Å². The first-order valence-electron chi connectivity index (χ1n) is 16.3. The predicted octanol–water partition coefficient (Wildman–Crippen LogP) is 4.54. The Morgan fingerprint density at radius 3 is 1.76 bits per heavy atom. The van der Waals surface area contributed by atoms with Crippen LogP contribution in [0.5, 0.6) is 0 Å². The Kier molecular flexibility index (Phi) is 13.8. The number of hydrogen-bond acceptors (Lipinski definition) is 6. The van der Waals surface area contributed by atoms with Gasteiger partial charge in [0, 0.05) is 13.1 Å². The summed E-state index contributed by atoms with van der Waals surface area (Å²) in [5, 5.41) is 8.25. The van der Waals surface area contributed by atoms with Gasteiger partial charge < -0.3 is 25.6 Å². The Bertz CT molecular complexity index is 1340. The van der Waals surface area contributed by atoms with Gasteiger partial charge in [0.2, 0.25) is 17.6 Å². The fourth-order valence-electron chi connectivity index (χ4n) is 5.53. The highest BCUT2D eigenvalue weighted by Gasteiger charge is 2.35. The van der Waals surface area contributed by atoms with E-state index in [1.807, 2.05) is 96.1 Å². The second-order valence-corrected chi connectivity index (χ2v) is 13.4. The third-order valence-corrected chi connectivity index (χ3v) is 7.84. The van der Waals surface area contributed by atoms with Crippen LogP contribution in [0.1, 0.15) is 77.5 Å². The number of fused-ring (bicyclic) bond motifs is 1. The molecule has 2 aromatic rings. The third-order valence-electron chi connectivity index (χ3n) is 7.84. The molecule has 0 saturated heterocycles. The topological polar surface area (TPSA) is 134 Å². The molecule has 0 bridgehead atoms. The van der Waals surface area contributed by atoms with Gasteiger partial charge in [0.05, 0.1) is 6.04 Å². The monoisotopic (exact) mass is 634 g/mol. The summed E-state index contributed by atoms with van der Waals surface area (Å²) in [6, 6.07) is 14.1. The number of benzene rings is 2. The fraction of sp³-hybridized carbons (Fsp3) is 0.528. The van der Waals surface area contributed by atoms with Crippen molar-refractivity contribution < 1.29 is 28.7 Å². The summed E-state index contributed by atoms with van der Waals surface area (Å²) < 4.78 is 5.33. The number of carbonyl (C=O) groups excluding carboxylic acids is 5. The van der Waals surface area contributed by atoms with E-state index < -0.39 is 47.7 Å². The van der Waals surface area contributed by atoms with E-state index in [0.29, 0.717) is 32.4 Å². The average molecular weight is 635 g/mol. The van der Waals surface area contributed by atoms with Crippen molar-refractivity contribution in [2.24, 2.45) is 17.8 Å². The maximum Gasteiger partial charge on any atom is 0.408 e. The van der Waals surface area contributed by atoms with Crippen molar-refractivity contribution in [3.05, 3.63) is 71.3 Å². The molecule has 1 aliphatic heterocycles. The van der Waals surface area contributed by atoms with Gasteiger partial charge in [-0.05, 0) is 60.1 Å². The number of carbonyl (C=O) groups is 5. The van der Waals surface area contributed by atoms with Gasteiger partial charge in [0.15, 0.2) is 0 Å². The Hall–Kier alpha value is -4.21. The molecule has 3 rings (SSSR count). The van der Waals surface area contributed by atoms with Crippen LogP contribution in [-0.4, -0.2) is 59.2 Å². The van der Waals surface area contributed by atoms with Crippen molar-refractivity contribution in [2.45, 2.75) is 98.5 Å². The number of nitrogens with one attached hydrogen (secondary N) is 3. The molecular weight excluding hydrogens is 584 g/mol. The van der Waals surface area contributed by atoms with Gasteiger partial charge in [-0.1, -0.05) is 96.1 Å². The SMILES string of the molecule is CC(C)C[C@H](NC(=O)OCc1ccccc1)C(=O)N[C@@H](CC(C)C)C(=O)N[C@@H](CC(C)C)C(=O)C(=O)N1CCc2ccccc2C1. The molecule has 2 aromatic carbocycles. The molecule has 0 aliphatic carbocycles. The minimum absolute atomic E-state index is 0.0174. The molecule has 250 valence electrons. The van der Waals surface area contributed by atoms with Crippen LogP contribution in [0.3, 0.4) is 0 Å². The lowest BCUT2D eigenvalue weighted by atomic mass is 9.96. The molecule has 0 spiro atoms. The lowest BCUT2D eigenvalue weighted by Gasteiger charge is -2.30. The van der Waals surface area contributed by atoms with Crippen molar-refractivity contribution in [1.29, 1.82) is 0 Å². The summed E-state index contributed by atoms with van der Waals surface area (Å²) in [7, 11) is 0. The zero-order valence-corrected chi connectivity index (χ0v) is 28.0. The van der Waals surface area contributed by atoms with Crippen molar-refractivity contribution in [2.75, 3.05) is 6.54 Å². The highest BCUT2D eigenvalue weighted by molar-refractivity contribution is 6.38. The molecule has 4 amide bonds. The Balaban J connectivity index is 1.70. The van der Waals surface area contributed by atoms with Crippen LogP contribution >= 0.6 is 0 Å². The van der Waals surface area contributed by atoms with Crippen molar-refractivity contribution in [3.8, 4) is 0 Å². The Morgan fingerprint density at radius 2 is 1.17 bits per heavy atom. The van der Waals surface area contributed by atoms with E-state index in [2.05, 4.69) is 16.0 Å². The van der Waals surface area contributed by atoms with Gasteiger partial charge in [0.1, 0.15) is 18.7 Å². The van der Waals surface area contributed by atoms with E-state index in [9.17, 15) is 24.0 Å². The molecule has 0 saturated carbocycles. The molecule has 10 heteroatoms. The van der Waals surface area contributed by atoms with E-state index in [4.69, 9.17) is 4.74 Å². The standard InChI is InChI=1S/C36H50N4O6/c1-23(2)18-29(32(41)35(44)40-17-16-27-14-10-11-15-28(27)21-40)37-33(42)30(19-24(3)4)38-34(43)31(20-25(5)6)39-36(45)46-22-26-12-8-7-9-13-26/h7-15,23-25,29-31H,16-22H2,1-6H3,(H,37,42)(H,38,43)(H,39,45)/t29-,30-,31-/m0/s1. The lowest BCUT2D eigenvalue weighted by Crippen LogP contribution is -2.57. The third kappa shape index (κ3) is 11.3. The zero-order valence-electron chi connectivity index (χ0n) is 28.0. The van der Waals surface area contributed by atoms with E-state index in [1.54, 1.807) is 0 Å². The van der Waals surface area contributed by atoms with Crippen LogP contribution < -0.4 is 16.0 Å². The average Bonchev–Trinajstić information content (AvgIpc) is 3.01. The van der Waals surface area contributed by atoms with Gasteiger partial charge in [0.25, 0.3) is 5.91 Å². The summed E-state index contributed by atoms with van der Waals surface area (Å²) in [5.41, 5.74) is 2.98. The number of rotatable bonds is 15. The van der Waals surface area contributed by atoms with Crippen LogP contribution in [0, 0.1) is 17.8 Å². The molecule has 46 heavy (non-hydrogen) atoms. The molecule has 0 aromatic heterocycles. The minimum Gasteiger partial charge on any atom is -0.445 e. The van der Waals surface area contributed by atoms with Crippen molar-refractivity contribution in [1.82, 2.24) is 20.9 Å². The van der Waals surface area contributed by atoms with Crippen molar-refractivity contribution >= 4 is 29.6 Å². The number of hydrogen-bond donors (Lipinski definition) is 3. The highest BCUT2D eigenvalue weighted by Crippen LogP contribution is 2.20. The number of Topliss-reactive ketones (excluding diaryl/α,β-unsaturated/α-hetero) is 1. The highest BCUT2D eigenvalue weighted by atomic mass is 16.5. The molecule has 0 unspecified atom stereocenters. The van der Waals surface area contributed by atoms with E-state index >= 15 is 0 Å². The summed E-state index contributed by atoms with van der Waals surface area (Å²) in [5.74, 6) is -2.27. The van der Waals surface area contributed by atoms with Gasteiger partial charge in [-0.15, -0.1) is 0 Å². The van der Waals surface area contributed by atoms with Gasteiger partial charge in [-0.2, -0.15) is 0 Å². The predicted molar refractivity (Wildman–Crippen MR) is 176 cm³/mol. The van der Waals surface area contributed by atoms with Gasteiger partial charge in [-0.3, -0.25) is 19.2 Å². The van der Waals surface area contributed by atoms with Crippen molar-refractivity contribution in [3.63, 3.8) is 0 Å². The molecule has 0 radical (unpaired) electrons. The summed E-state index contributed by atoms with van der Waals surface area (Å²) >= 11 is 0. The van der Waals surface area contributed by atoms with Gasteiger partial charge in [-0.25, -0.2) is 4.79 Å². The zero-order chi connectivity index (χ0) is 33.8. The number of amides is 4. The smallest absolute Gasteiger partial charge is 0.408 e. The Labute approximate surface area is 273 Å². The van der Waals surface area contributed by atoms with E-state index in [0.717, 1.165) is 16.7 Å². The maximum absolute atomic E-state index is 13.7. The number of nitrogens with zero attached hydrogens (tertiary/aromatic N) is 1. The number of ketones is 1. The normalized spacial score (nSPS) is 14.7. The largest absolute Gasteiger partial charge is 0.445 e. The first-order valence-corrected chi connectivity index (χ1v) is 16.3. The maximum atomic E-state index is 13.7. The number of alkyl carbamates (subject to hydrolysis) is 1. The second-order valence-electron chi connectivity index (χ2n) is 13.4. The van der Waals surface area contributed by atoms with Crippen LogP contribution in [0.2, 0.25) is 0 Å². The summed E-state index contributed by atoms with van der Waals surface area (Å²) in [6.45, 7) is 12.3. The lowest BCUT2D eigenvalue weighted by molar-refractivity contribution is -0.147. The summed E-state index contributed by atoms with van der Waals surface area (Å²) in [6.07, 6.45) is 0.808. The fourth-order valence-corrected chi connectivity index (χ4v) is 5.53.